The van der Waals surface area contributed by atoms with Crippen LogP contribution in [0.2, 0.25) is 0 Å². The number of rotatable bonds is 12. The number of hydrogen-bond acceptors (Lipinski definition) is 12. The van der Waals surface area contributed by atoms with E-state index in [9.17, 15) is 0 Å². The van der Waals surface area contributed by atoms with E-state index in [4.69, 9.17) is 26.5 Å². The van der Waals surface area contributed by atoms with Crippen molar-refractivity contribution in [2.45, 2.75) is 62.3 Å². The maximum Gasteiger partial charge on any atom is 0.247 e. The van der Waals surface area contributed by atoms with Crippen molar-refractivity contribution in [1.29, 1.82) is 0 Å². The monoisotopic (exact) mass is 1660 g/mol. The summed E-state index contributed by atoms with van der Waals surface area (Å²) in [7, 11) is 0. The third-order valence-corrected chi connectivity index (χ3v) is 20.4. The van der Waals surface area contributed by atoms with Crippen molar-refractivity contribution in [2.24, 2.45) is 0 Å². The van der Waals surface area contributed by atoms with Crippen LogP contribution in [0.1, 0.15) is 65.8 Å². The smallest absolute Gasteiger partial charge is 0.247 e. The first kappa shape index (κ1) is 87.2. The zero-order chi connectivity index (χ0) is 87.9. The number of nitrogens with zero attached hydrogens (tertiary/aromatic N) is 6. The number of allylic oxidation sites excluding steroid dienone is 2. The van der Waals surface area contributed by atoms with Gasteiger partial charge in [-0.15, -0.1) is 10.2 Å². The Balaban J connectivity index is 0.000000122. The highest BCUT2D eigenvalue weighted by Crippen LogP contribution is 2.33. The van der Waals surface area contributed by atoms with Gasteiger partial charge in [0.25, 0.3) is 0 Å². The molecule has 6 heterocycles. The third-order valence-electron chi connectivity index (χ3n) is 20.4. The number of oxazole rings is 4. The standard InChI is InChI=1S/C31H24.C25H20.C12H11NO.C10H10N2O.2C10H9NO.C9H8O.C8H7NO/c1-23-7-9-25(10-8-23)27-15-17-29(18-16-27)31-21-19-30(20-22-31)28-13-11-26(12-14-28)24-5-3-2-4-6-24;1-19-7-9-21(10-8-19)23-15-17-25(18-16-23)24-13-11-22(12-14-24)20-5-3-2-4-6-20;1-2-6-12-13-9-11(14-12)10-7-4-3-5-8-10;1-7-3-5-9(6-4-7)10-12-11-8(2)13-10;1-8-11-7-10(12-8)9-5-3-2-4-6-9;1-2-5-10-11-8-6-3-4-7-9(8)12-10;1-7-6-8-4-2-3-5-9(8)10-7;1-6-9-7-4-2-3-5-8(7)10-6/h2-22H,1H3;2-18H,1H3;2-9H,1H3;3-6H,1-2H3;2*2-7H,1H3;2-6H,1H3;2-5H,1H3/b;;6-2+;;;5-2+;;. The highest BCUT2D eigenvalue weighted by Gasteiger charge is 2.10. The minimum Gasteiger partial charge on any atom is -0.461 e. The highest BCUT2D eigenvalue weighted by atomic mass is 16.4. The Morgan fingerprint density at radius 1 is 0.220 bits per heavy atom. The van der Waals surface area contributed by atoms with Crippen LogP contribution in [0.3, 0.4) is 0 Å². The average molecular weight is 1660 g/mol. The summed E-state index contributed by atoms with van der Waals surface area (Å²) >= 11 is 0. The molecule has 12 nitrogen and oxygen atoms in total. The summed E-state index contributed by atoms with van der Waals surface area (Å²) in [5.41, 5.74) is 28.8. The van der Waals surface area contributed by atoms with Gasteiger partial charge < -0.3 is 26.5 Å². The van der Waals surface area contributed by atoms with Gasteiger partial charge in [-0.05, 0) is 180 Å². The van der Waals surface area contributed by atoms with Crippen LogP contribution in [0.25, 0.3) is 157 Å². The lowest BCUT2D eigenvalue weighted by Crippen LogP contribution is -1.83. The Morgan fingerprint density at radius 2 is 0.535 bits per heavy atom. The number of hydrogen-bond donors (Lipinski definition) is 0. The molecule has 0 atom stereocenters. The molecule has 21 aromatic rings. The molecule has 0 fully saturated rings. The van der Waals surface area contributed by atoms with E-state index in [1.54, 1.807) is 19.3 Å². The molecular formula is C115H98N6O6. The third kappa shape index (κ3) is 25.0. The van der Waals surface area contributed by atoms with Crippen molar-refractivity contribution in [3.8, 4) is 112 Å². The lowest BCUT2D eigenvalue weighted by Gasteiger charge is -2.08. The predicted octanol–water partition coefficient (Wildman–Crippen LogP) is 31.8. The molecular weight excluding hydrogens is 1560 g/mol. The van der Waals surface area contributed by atoms with Gasteiger partial charge in [-0.2, -0.15) is 0 Å². The first-order chi connectivity index (χ1) is 62.2. The molecule has 0 aliphatic heterocycles. The lowest BCUT2D eigenvalue weighted by atomic mass is 9.97. The van der Waals surface area contributed by atoms with Gasteiger partial charge in [-0.1, -0.05) is 375 Å². The molecule has 0 aliphatic carbocycles. The average Bonchev–Trinajstić information content (AvgIpc) is 1.82. The molecule has 0 saturated carbocycles. The van der Waals surface area contributed by atoms with Gasteiger partial charge in [0.2, 0.25) is 23.6 Å². The first-order valence-electron chi connectivity index (χ1n) is 42.2. The summed E-state index contributed by atoms with van der Waals surface area (Å²) in [4.78, 5) is 16.6. The summed E-state index contributed by atoms with van der Waals surface area (Å²) in [6.07, 6.45) is 11.0. The van der Waals surface area contributed by atoms with E-state index in [-0.39, 0.29) is 0 Å². The van der Waals surface area contributed by atoms with Crippen molar-refractivity contribution in [3.05, 3.63) is 471 Å². The van der Waals surface area contributed by atoms with Gasteiger partial charge in [-0.25, -0.2) is 19.9 Å². The van der Waals surface area contributed by atoms with Gasteiger partial charge in [-0.3, -0.25) is 0 Å². The van der Waals surface area contributed by atoms with Gasteiger partial charge in [0.15, 0.2) is 34.5 Å². The molecule has 127 heavy (non-hydrogen) atoms. The Hall–Kier alpha value is -16.2. The molecule has 0 bridgehead atoms. The fourth-order valence-electron chi connectivity index (χ4n) is 13.7. The maximum atomic E-state index is 5.51. The number of benzene rings is 15. The number of fused-ring (bicyclic) bond motifs is 3. The summed E-state index contributed by atoms with van der Waals surface area (Å²) in [6, 6.07) is 136. The van der Waals surface area contributed by atoms with Crippen molar-refractivity contribution < 1.29 is 26.5 Å². The Labute approximate surface area is 742 Å². The van der Waals surface area contributed by atoms with E-state index in [1.807, 2.05) is 236 Å². The zero-order valence-corrected chi connectivity index (χ0v) is 72.6. The van der Waals surface area contributed by atoms with E-state index in [0.717, 1.165) is 67.6 Å². The van der Waals surface area contributed by atoms with E-state index in [0.29, 0.717) is 29.5 Å². The summed E-state index contributed by atoms with van der Waals surface area (Å²) < 4.78 is 32.2. The maximum absolute atomic E-state index is 5.51. The molecule has 12 heteroatoms. The summed E-state index contributed by atoms with van der Waals surface area (Å²) in [5.74, 6) is 6.51. The number of para-hydroxylation sites is 5. The van der Waals surface area contributed by atoms with Crippen LogP contribution in [-0.2, 0) is 0 Å². The van der Waals surface area contributed by atoms with Crippen molar-refractivity contribution in [2.75, 3.05) is 0 Å². The Kier molecular flexibility index (Phi) is 30.2. The molecule has 0 aliphatic rings. The molecule has 0 saturated heterocycles. The fourth-order valence-corrected chi connectivity index (χ4v) is 13.7. The zero-order valence-electron chi connectivity index (χ0n) is 72.6. The molecule has 624 valence electrons. The van der Waals surface area contributed by atoms with Crippen LogP contribution in [0.5, 0.6) is 0 Å². The van der Waals surface area contributed by atoms with Gasteiger partial charge >= 0.3 is 0 Å². The second kappa shape index (κ2) is 44.1. The summed E-state index contributed by atoms with van der Waals surface area (Å²) in [5, 5.41) is 8.88. The molecule has 0 unspecified atom stereocenters. The predicted molar refractivity (Wildman–Crippen MR) is 521 cm³/mol. The van der Waals surface area contributed by atoms with Crippen LogP contribution >= 0.6 is 0 Å². The largest absolute Gasteiger partial charge is 0.461 e. The van der Waals surface area contributed by atoms with Crippen molar-refractivity contribution >= 4 is 45.3 Å². The number of aryl methyl sites for hydroxylation is 7. The molecule has 0 radical (unpaired) electrons. The Morgan fingerprint density at radius 3 is 0.890 bits per heavy atom. The minimum atomic E-state index is 0.581. The first-order valence-corrected chi connectivity index (χ1v) is 42.2. The van der Waals surface area contributed by atoms with Crippen LogP contribution in [0.15, 0.2) is 445 Å². The van der Waals surface area contributed by atoms with Gasteiger partial charge in [0, 0.05) is 42.8 Å². The van der Waals surface area contributed by atoms with Crippen LogP contribution < -0.4 is 0 Å². The number of furan rings is 1. The SMILES string of the molecule is C/C=C/c1nc2ccccc2o1.C/C=C/c1ncc(-c2ccccc2)o1.Cc1cc2ccccc2o1.Cc1ccc(-c2ccc(-c3ccc(-c4ccc(-c5ccccc5)cc4)cc3)cc2)cc1.Cc1ccc(-c2ccc(-c3ccc(-c4ccccc4)cc3)cc2)cc1.Cc1ccc(-c2nnc(C)o2)cc1.Cc1nc2ccccc2o1.Cc1ncc(-c2ccccc2)o1. The molecule has 21 rings (SSSR count). The van der Waals surface area contributed by atoms with E-state index < -0.39 is 0 Å². The van der Waals surface area contributed by atoms with Crippen LogP contribution in [0.4, 0.5) is 0 Å². The molecule has 0 amide bonds. The molecule has 6 aromatic heterocycles. The van der Waals surface area contributed by atoms with Crippen LogP contribution in [0, 0.1) is 48.5 Å². The lowest BCUT2D eigenvalue weighted by molar-refractivity contribution is 0.532. The second-order valence-electron chi connectivity index (χ2n) is 30.0. The van der Waals surface area contributed by atoms with Crippen molar-refractivity contribution in [1.82, 2.24) is 30.1 Å². The topological polar surface area (TPSA) is 156 Å². The molecule has 0 spiro atoms. The molecule has 0 N–H and O–H groups in total. The minimum absolute atomic E-state index is 0.581. The number of aromatic nitrogens is 6. The second-order valence-corrected chi connectivity index (χ2v) is 30.0. The van der Waals surface area contributed by atoms with Gasteiger partial charge in [0.1, 0.15) is 22.4 Å². The van der Waals surface area contributed by atoms with E-state index >= 15 is 0 Å². The highest BCUT2D eigenvalue weighted by molar-refractivity contribution is 5.80. The van der Waals surface area contributed by atoms with Gasteiger partial charge in [0.05, 0.1) is 12.4 Å². The van der Waals surface area contributed by atoms with Crippen LogP contribution in [-0.4, -0.2) is 30.1 Å². The quantitative estimate of drug-likeness (QED) is 0.114. The Bertz CT molecular complexity index is 6780. The van der Waals surface area contributed by atoms with E-state index in [2.05, 4.69) is 268 Å². The summed E-state index contributed by atoms with van der Waals surface area (Å²) in [6.45, 7) is 17.6. The van der Waals surface area contributed by atoms with Crippen molar-refractivity contribution in [3.63, 3.8) is 0 Å². The normalized spacial score (nSPS) is 10.7. The van der Waals surface area contributed by atoms with E-state index in [1.165, 1.54) is 100.0 Å². The molecule has 15 aromatic carbocycles. The fraction of sp³-hybridized carbons (Fsp3) is 0.0783.